The zero-order valence-corrected chi connectivity index (χ0v) is 19.8. The van der Waals surface area contributed by atoms with E-state index >= 15 is 0 Å². The van der Waals surface area contributed by atoms with Crippen molar-refractivity contribution < 1.29 is 30.8 Å². The summed E-state index contributed by atoms with van der Waals surface area (Å²) in [4.78, 5) is 12.2. The lowest BCUT2D eigenvalue weighted by molar-refractivity contribution is 0.196. The van der Waals surface area contributed by atoms with Gasteiger partial charge in [0.25, 0.3) is 0 Å². The van der Waals surface area contributed by atoms with Gasteiger partial charge in [-0.1, -0.05) is 26.0 Å². The third-order valence-corrected chi connectivity index (χ3v) is 9.07. The zero-order valence-electron chi connectivity index (χ0n) is 18.2. The number of nitriles is 1. The van der Waals surface area contributed by atoms with Gasteiger partial charge in [0.2, 0.25) is 0 Å². The molecule has 0 aliphatic carbocycles. The van der Waals surface area contributed by atoms with Gasteiger partial charge in [0, 0.05) is 11.8 Å². The monoisotopic (exact) mass is 496 g/mol. The number of benzene rings is 2. The summed E-state index contributed by atoms with van der Waals surface area (Å²) in [5.41, 5.74) is 0.555. The zero-order chi connectivity index (χ0) is 24.6. The van der Waals surface area contributed by atoms with Crippen molar-refractivity contribution in [2.45, 2.75) is 31.6 Å². The van der Waals surface area contributed by atoms with Crippen molar-refractivity contribution in [3.63, 3.8) is 0 Å². The van der Waals surface area contributed by atoms with Crippen molar-refractivity contribution in [3.05, 3.63) is 65.5 Å². The van der Waals surface area contributed by atoms with Crippen LogP contribution < -0.4 is 10.1 Å². The van der Waals surface area contributed by atoms with Gasteiger partial charge in [-0.05, 0) is 48.4 Å². The van der Waals surface area contributed by atoms with Gasteiger partial charge in [-0.25, -0.2) is 26.0 Å². The summed E-state index contributed by atoms with van der Waals surface area (Å²) >= 11 is 0. The lowest BCUT2D eigenvalue weighted by Crippen LogP contribution is -2.42. The van der Waals surface area contributed by atoms with Crippen LogP contribution in [-0.2, 0) is 19.7 Å². The van der Waals surface area contributed by atoms with Crippen LogP contribution in [0.1, 0.15) is 36.6 Å². The van der Waals surface area contributed by atoms with Crippen LogP contribution in [0.5, 0.6) is 5.75 Å². The van der Waals surface area contributed by atoms with Crippen molar-refractivity contribution in [3.8, 4) is 11.8 Å². The van der Waals surface area contributed by atoms with Gasteiger partial charge in [-0.15, -0.1) is 0 Å². The van der Waals surface area contributed by atoms with E-state index in [-0.39, 0.29) is 23.5 Å². The number of carbonyl (C=O) groups excluding carboxylic acids is 1. The number of halogens is 1. The predicted octanol–water partition coefficient (Wildman–Crippen LogP) is 3.16. The second-order valence-electron chi connectivity index (χ2n) is 7.34. The first-order valence-corrected chi connectivity index (χ1v) is 13.7. The van der Waals surface area contributed by atoms with Crippen LogP contribution in [0.4, 0.5) is 9.18 Å². The molecule has 0 aromatic heterocycles. The number of nitrogens with one attached hydrogen (secondary N) is 1. The van der Waals surface area contributed by atoms with Gasteiger partial charge in [-0.3, -0.25) is 0 Å². The van der Waals surface area contributed by atoms with Crippen molar-refractivity contribution >= 4 is 25.8 Å². The minimum atomic E-state index is -4.06. The highest BCUT2D eigenvalue weighted by atomic mass is 32.2. The number of rotatable bonds is 10. The molecule has 2 rings (SSSR count). The average molecular weight is 497 g/mol. The van der Waals surface area contributed by atoms with Crippen molar-refractivity contribution in [1.29, 1.82) is 5.26 Å². The molecule has 0 spiro atoms. The Kier molecular flexibility index (Phi) is 8.96. The molecule has 0 aliphatic heterocycles. The highest BCUT2D eigenvalue weighted by Gasteiger charge is 2.34. The molecule has 8 nitrogen and oxygen atoms in total. The number of amides is 1. The molecule has 2 atom stereocenters. The summed E-state index contributed by atoms with van der Waals surface area (Å²) in [6, 6.07) is 11.5. The normalized spacial score (nSPS) is 13.5. The highest BCUT2D eigenvalue weighted by molar-refractivity contribution is 7.95. The molecule has 1 amide bonds. The molecule has 2 unspecified atom stereocenters. The summed E-state index contributed by atoms with van der Waals surface area (Å²) < 4.78 is 69.1. The summed E-state index contributed by atoms with van der Waals surface area (Å²) in [5.74, 6) is -1.79. The number of nitrogens with zero attached hydrogens (tertiary/aromatic N) is 1. The molecule has 0 bridgehead atoms. The molecule has 0 heterocycles. The Morgan fingerprint density at radius 2 is 1.64 bits per heavy atom. The number of sulfone groups is 2. The molecule has 33 heavy (non-hydrogen) atoms. The van der Waals surface area contributed by atoms with E-state index in [4.69, 9.17) is 10.00 Å². The molecular formula is C22H25FN2O6S2. The van der Waals surface area contributed by atoms with Crippen molar-refractivity contribution in [2.24, 2.45) is 0 Å². The van der Waals surface area contributed by atoms with E-state index in [1.165, 1.54) is 43.3 Å². The van der Waals surface area contributed by atoms with Crippen molar-refractivity contribution in [1.82, 2.24) is 5.32 Å². The molecule has 0 radical (unpaired) electrons. The lowest BCUT2D eigenvalue weighted by Gasteiger charge is -2.22. The molecule has 178 valence electrons. The Bertz CT molecular complexity index is 1210. The fourth-order valence-corrected chi connectivity index (χ4v) is 7.02. The van der Waals surface area contributed by atoms with E-state index in [0.717, 1.165) is 12.1 Å². The summed E-state index contributed by atoms with van der Waals surface area (Å²) in [7, 11) is -7.72. The topological polar surface area (TPSA) is 130 Å². The summed E-state index contributed by atoms with van der Waals surface area (Å²) in [6.07, 6.45) is -0.682. The molecule has 1 N–H and O–H groups in total. The van der Waals surface area contributed by atoms with Crippen LogP contribution in [0.25, 0.3) is 0 Å². The van der Waals surface area contributed by atoms with Gasteiger partial charge < -0.3 is 10.1 Å². The van der Waals surface area contributed by atoms with Gasteiger partial charge in [0.15, 0.2) is 19.7 Å². The Balaban J connectivity index is 2.23. The minimum absolute atomic E-state index is 0.0797. The third-order valence-electron chi connectivity index (χ3n) is 4.96. The Labute approximate surface area is 193 Å². The lowest BCUT2D eigenvalue weighted by atomic mass is 10.1. The Hall–Kier alpha value is -2.97. The van der Waals surface area contributed by atoms with Crippen molar-refractivity contribution in [2.75, 3.05) is 17.3 Å². The van der Waals surface area contributed by atoms with E-state index < -0.39 is 54.4 Å². The molecular weight excluding hydrogens is 471 g/mol. The molecule has 2 aromatic carbocycles. The second kappa shape index (κ2) is 11.2. The van der Waals surface area contributed by atoms with E-state index in [9.17, 15) is 26.0 Å². The first-order valence-electron chi connectivity index (χ1n) is 10.2. The standard InChI is InChI=1S/C22H25FN2O6S2/c1-3-19(25-22(26)31-20-11-9-18(23)10-12-20)14-33(29,30)21(15-32(27,28)4-2)17-7-5-16(13-24)6-8-17/h5-12,19,21H,3-4,14-15H2,1-2H3,(H,25,26). The Morgan fingerprint density at radius 1 is 1.03 bits per heavy atom. The number of carbonyl (C=O) groups is 1. The van der Waals surface area contributed by atoms with E-state index in [2.05, 4.69) is 5.32 Å². The maximum Gasteiger partial charge on any atom is 0.412 e. The van der Waals surface area contributed by atoms with E-state index in [1.54, 1.807) is 6.92 Å². The minimum Gasteiger partial charge on any atom is -0.410 e. The SMILES string of the molecule is CCC(CS(=O)(=O)C(CS(=O)(=O)CC)c1ccc(C#N)cc1)NC(=O)Oc1ccc(F)cc1. The fourth-order valence-electron chi connectivity index (χ4n) is 2.99. The van der Waals surface area contributed by atoms with E-state index in [0.29, 0.717) is 5.56 Å². The summed E-state index contributed by atoms with van der Waals surface area (Å²) in [6.45, 7) is 3.09. The Morgan fingerprint density at radius 3 is 2.15 bits per heavy atom. The van der Waals surface area contributed by atoms with E-state index in [1.807, 2.05) is 6.07 Å². The van der Waals surface area contributed by atoms with Crippen LogP contribution in [0.3, 0.4) is 0 Å². The molecule has 0 saturated carbocycles. The molecule has 11 heteroatoms. The highest BCUT2D eigenvalue weighted by Crippen LogP contribution is 2.27. The maximum atomic E-state index is 13.3. The van der Waals surface area contributed by atoms with Crippen LogP contribution in [-0.4, -0.2) is 46.2 Å². The first kappa shape index (κ1) is 26.3. The second-order valence-corrected chi connectivity index (χ2v) is 12.0. The largest absolute Gasteiger partial charge is 0.412 e. The summed E-state index contributed by atoms with van der Waals surface area (Å²) in [5, 5.41) is 10.1. The van der Waals surface area contributed by atoms with Gasteiger partial charge in [-0.2, -0.15) is 5.26 Å². The van der Waals surface area contributed by atoms with Crippen LogP contribution >= 0.6 is 0 Å². The molecule has 2 aromatic rings. The molecule has 0 saturated heterocycles. The van der Waals surface area contributed by atoms with Gasteiger partial charge in [0.05, 0.1) is 23.1 Å². The first-order chi connectivity index (χ1) is 15.5. The fraction of sp³-hybridized carbons (Fsp3) is 0.364. The number of ether oxygens (including phenoxy) is 1. The predicted molar refractivity (Wildman–Crippen MR) is 122 cm³/mol. The maximum absolute atomic E-state index is 13.3. The van der Waals surface area contributed by atoms with Crippen LogP contribution in [0, 0.1) is 17.1 Å². The van der Waals surface area contributed by atoms with Gasteiger partial charge >= 0.3 is 6.09 Å². The smallest absolute Gasteiger partial charge is 0.410 e. The number of hydrogen-bond donors (Lipinski definition) is 1. The van der Waals surface area contributed by atoms with Gasteiger partial charge in [0.1, 0.15) is 16.8 Å². The quantitative estimate of drug-likeness (QED) is 0.535. The third kappa shape index (κ3) is 7.83. The van der Waals surface area contributed by atoms with Crippen LogP contribution in [0.2, 0.25) is 0 Å². The molecule has 0 fully saturated rings. The molecule has 0 aliphatic rings. The number of hydrogen-bond acceptors (Lipinski definition) is 7. The average Bonchev–Trinajstić information content (AvgIpc) is 2.78. The van der Waals surface area contributed by atoms with Crippen LogP contribution in [0.15, 0.2) is 48.5 Å².